The number of hydrogen-bond acceptors (Lipinski definition) is 3. The monoisotopic (exact) mass is 252 g/mol. The number of aryl methyl sites for hydroxylation is 1. The number of benzene rings is 1. The summed E-state index contributed by atoms with van der Waals surface area (Å²) in [5.41, 5.74) is 3.04. The van der Waals surface area contributed by atoms with Gasteiger partial charge >= 0.3 is 0 Å². The summed E-state index contributed by atoms with van der Waals surface area (Å²) in [6.45, 7) is 1.88. The highest BCUT2D eigenvalue weighted by molar-refractivity contribution is 6.12. The quantitative estimate of drug-likeness (QED) is 0.736. The number of anilines is 1. The minimum atomic E-state index is -0.155. The molecule has 3 aromatic rings. The first-order valence-electron chi connectivity index (χ1n) is 5.90. The second-order valence-corrected chi connectivity index (χ2v) is 4.28. The molecule has 0 bridgehead atoms. The molecule has 1 amide bonds. The molecule has 0 aliphatic carbocycles. The molecule has 2 heterocycles. The smallest absolute Gasteiger partial charge is 0.256 e. The van der Waals surface area contributed by atoms with Gasteiger partial charge in [-0.05, 0) is 31.2 Å². The molecule has 0 radical (unpaired) electrons. The molecule has 0 unspecified atom stereocenters. The maximum absolute atomic E-state index is 12.3. The van der Waals surface area contributed by atoms with E-state index in [1.54, 1.807) is 24.5 Å². The Hall–Kier alpha value is -2.69. The predicted octanol–water partition coefficient (Wildman–Crippen LogP) is 2.52. The Morgan fingerprint density at radius 1 is 1.32 bits per heavy atom. The molecular formula is C14H12N4O. The van der Waals surface area contributed by atoms with Crippen LogP contribution >= 0.6 is 0 Å². The second-order valence-electron chi connectivity index (χ2n) is 4.28. The summed E-state index contributed by atoms with van der Waals surface area (Å²) in [5.74, 6) is -0.155. The number of carbonyl (C=O) groups excluding carboxylic acids is 1. The number of nitrogens with zero attached hydrogens (tertiary/aromatic N) is 2. The van der Waals surface area contributed by atoms with Gasteiger partial charge in [0, 0.05) is 23.0 Å². The Kier molecular flexibility index (Phi) is 2.72. The van der Waals surface area contributed by atoms with Crippen LogP contribution in [-0.2, 0) is 0 Å². The van der Waals surface area contributed by atoms with Crippen molar-refractivity contribution in [1.29, 1.82) is 0 Å². The van der Waals surface area contributed by atoms with Gasteiger partial charge in [-0.15, -0.1) is 0 Å². The lowest BCUT2D eigenvalue weighted by atomic mass is 10.1. The van der Waals surface area contributed by atoms with Crippen LogP contribution in [0.3, 0.4) is 0 Å². The fourth-order valence-electron chi connectivity index (χ4n) is 1.99. The number of rotatable bonds is 2. The van der Waals surface area contributed by atoms with E-state index >= 15 is 0 Å². The molecule has 19 heavy (non-hydrogen) atoms. The second kappa shape index (κ2) is 4.53. The third-order valence-corrected chi connectivity index (χ3v) is 2.88. The fourth-order valence-corrected chi connectivity index (χ4v) is 1.99. The number of aromatic amines is 1. The molecule has 0 spiro atoms. The van der Waals surface area contributed by atoms with Gasteiger partial charge in [0.2, 0.25) is 0 Å². The van der Waals surface area contributed by atoms with Crippen LogP contribution < -0.4 is 5.32 Å². The van der Waals surface area contributed by atoms with Crippen LogP contribution in [0.15, 0.2) is 42.7 Å². The summed E-state index contributed by atoms with van der Waals surface area (Å²) in [5, 5.41) is 10.5. The lowest BCUT2D eigenvalue weighted by molar-refractivity contribution is 0.102. The molecule has 2 N–H and O–H groups in total. The molecule has 0 aliphatic heterocycles. The van der Waals surface area contributed by atoms with E-state index in [1.165, 1.54) is 0 Å². The number of fused-ring (bicyclic) bond motifs is 1. The van der Waals surface area contributed by atoms with Gasteiger partial charge in [-0.3, -0.25) is 14.9 Å². The van der Waals surface area contributed by atoms with Crippen molar-refractivity contribution in [2.24, 2.45) is 0 Å². The Morgan fingerprint density at radius 3 is 3.05 bits per heavy atom. The number of hydrogen-bond donors (Lipinski definition) is 2. The van der Waals surface area contributed by atoms with Crippen molar-refractivity contribution in [3.8, 4) is 0 Å². The SMILES string of the molecule is Cc1cc(NC(=O)c2cccc3[nH]ncc23)ccn1. The zero-order valence-corrected chi connectivity index (χ0v) is 10.3. The van der Waals surface area contributed by atoms with E-state index in [1.807, 2.05) is 25.1 Å². The fraction of sp³-hybridized carbons (Fsp3) is 0.0714. The first-order chi connectivity index (χ1) is 9.24. The highest BCUT2D eigenvalue weighted by Gasteiger charge is 2.11. The van der Waals surface area contributed by atoms with Crippen molar-refractivity contribution in [3.63, 3.8) is 0 Å². The Morgan fingerprint density at radius 2 is 2.21 bits per heavy atom. The van der Waals surface area contributed by atoms with E-state index in [4.69, 9.17) is 0 Å². The molecule has 3 rings (SSSR count). The van der Waals surface area contributed by atoms with Crippen LogP contribution in [0.5, 0.6) is 0 Å². The van der Waals surface area contributed by atoms with Gasteiger partial charge in [0.1, 0.15) is 0 Å². The van der Waals surface area contributed by atoms with Gasteiger partial charge in [-0.25, -0.2) is 0 Å². The molecule has 0 saturated heterocycles. The van der Waals surface area contributed by atoms with Gasteiger partial charge < -0.3 is 5.32 Å². The first-order valence-corrected chi connectivity index (χ1v) is 5.90. The summed E-state index contributed by atoms with van der Waals surface area (Å²) in [4.78, 5) is 16.4. The van der Waals surface area contributed by atoms with Gasteiger partial charge in [0.05, 0.1) is 17.3 Å². The van der Waals surface area contributed by atoms with Gasteiger partial charge in [-0.2, -0.15) is 5.10 Å². The van der Waals surface area contributed by atoms with Gasteiger partial charge in [0.15, 0.2) is 0 Å². The van der Waals surface area contributed by atoms with Crippen LogP contribution in [0.4, 0.5) is 5.69 Å². The maximum atomic E-state index is 12.3. The summed E-state index contributed by atoms with van der Waals surface area (Å²) in [7, 11) is 0. The zero-order chi connectivity index (χ0) is 13.2. The number of pyridine rings is 1. The van der Waals surface area contributed by atoms with Crippen LogP contribution in [0, 0.1) is 6.92 Å². The Balaban J connectivity index is 1.94. The standard InChI is InChI=1S/C14H12N4O/c1-9-7-10(5-6-15-9)17-14(19)11-3-2-4-13-12(11)8-16-18-13/h2-8H,1H3,(H,16,18)(H,15,17,19). The molecule has 0 saturated carbocycles. The van der Waals surface area contributed by atoms with Crippen LogP contribution in [0.2, 0.25) is 0 Å². The minimum Gasteiger partial charge on any atom is -0.322 e. The maximum Gasteiger partial charge on any atom is 0.256 e. The average molecular weight is 252 g/mol. The molecule has 0 atom stereocenters. The van der Waals surface area contributed by atoms with Crippen molar-refractivity contribution in [2.45, 2.75) is 6.92 Å². The lowest BCUT2D eigenvalue weighted by Gasteiger charge is -2.06. The third-order valence-electron chi connectivity index (χ3n) is 2.88. The van der Waals surface area contributed by atoms with Crippen LogP contribution in [0.25, 0.3) is 10.9 Å². The predicted molar refractivity (Wildman–Crippen MR) is 73.0 cm³/mol. The number of H-pyrrole nitrogens is 1. The normalized spacial score (nSPS) is 10.6. The largest absolute Gasteiger partial charge is 0.322 e. The van der Waals surface area contributed by atoms with E-state index in [9.17, 15) is 4.79 Å². The highest BCUT2D eigenvalue weighted by atomic mass is 16.1. The van der Waals surface area contributed by atoms with E-state index in [0.29, 0.717) is 5.56 Å². The summed E-state index contributed by atoms with van der Waals surface area (Å²) >= 11 is 0. The number of aromatic nitrogens is 3. The lowest BCUT2D eigenvalue weighted by Crippen LogP contribution is -2.12. The number of amides is 1. The van der Waals surface area contributed by atoms with Gasteiger partial charge in [-0.1, -0.05) is 6.07 Å². The average Bonchev–Trinajstić information content (AvgIpc) is 2.86. The third kappa shape index (κ3) is 2.18. The number of nitrogens with one attached hydrogen (secondary N) is 2. The Bertz CT molecular complexity index is 748. The molecule has 94 valence electrons. The Labute approximate surface area is 109 Å². The molecule has 2 aromatic heterocycles. The van der Waals surface area contributed by atoms with E-state index < -0.39 is 0 Å². The molecule has 0 fully saturated rings. The van der Waals surface area contributed by atoms with Crippen molar-refractivity contribution in [1.82, 2.24) is 15.2 Å². The van der Waals surface area contributed by atoms with Crippen LogP contribution in [0.1, 0.15) is 16.1 Å². The van der Waals surface area contributed by atoms with Crippen molar-refractivity contribution in [2.75, 3.05) is 5.32 Å². The van der Waals surface area contributed by atoms with Crippen molar-refractivity contribution in [3.05, 3.63) is 54.0 Å². The van der Waals surface area contributed by atoms with Crippen molar-refractivity contribution < 1.29 is 4.79 Å². The van der Waals surface area contributed by atoms with E-state index in [-0.39, 0.29) is 5.91 Å². The summed E-state index contributed by atoms with van der Waals surface area (Å²) in [6.07, 6.45) is 3.32. The molecule has 1 aromatic carbocycles. The zero-order valence-electron chi connectivity index (χ0n) is 10.3. The summed E-state index contributed by atoms with van der Waals surface area (Å²) < 4.78 is 0. The molecule has 0 aliphatic rings. The minimum absolute atomic E-state index is 0.155. The van der Waals surface area contributed by atoms with E-state index in [2.05, 4.69) is 20.5 Å². The van der Waals surface area contributed by atoms with Gasteiger partial charge in [0.25, 0.3) is 5.91 Å². The molecular weight excluding hydrogens is 240 g/mol. The molecule has 5 heteroatoms. The van der Waals surface area contributed by atoms with Crippen LogP contribution in [-0.4, -0.2) is 21.1 Å². The molecule has 5 nitrogen and oxygen atoms in total. The van der Waals surface area contributed by atoms with Crippen molar-refractivity contribution >= 4 is 22.5 Å². The highest BCUT2D eigenvalue weighted by Crippen LogP contribution is 2.17. The number of carbonyl (C=O) groups is 1. The topological polar surface area (TPSA) is 70.7 Å². The first kappa shape index (κ1) is 11.4. The summed E-state index contributed by atoms with van der Waals surface area (Å²) in [6, 6.07) is 9.08. The van der Waals surface area contributed by atoms with E-state index in [0.717, 1.165) is 22.3 Å².